The van der Waals surface area contributed by atoms with Gasteiger partial charge in [0.15, 0.2) is 5.03 Å². The van der Waals surface area contributed by atoms with E-state index in [1.807, 2.05) is 19.1 Å². The van der Waals surface area contributed by atoms with E-state index in [0.717, 1.165) is 5.56 Å². The summed E-state index contributed by atoms with van der Waals surface area (Å²) in [5.74, 6) is 0. The van der Waals surface area contributed by atoms with Crippen molar-refractivity contribution >= 4 is 15.7 Å². The number of hydrogen-bond donors (Lipinski definition) is 2. The second-order valence-corrected chi connectivity index (χ2v) is 6.20. The number of nitrogens with two attached hydrogens (primary N) is 1. The number of H-pyrrole nitrogens is 1. The van der Waals surface area contributed by atoms with Gasteiger partial charge < -0.3 is 5.73 Å². The van der Waals surface area contributed by atoms with Gasteiger partial charge in [-0.25, -0.2) is 0 Å². The second kappa shape index (κ2) is 6.06. The molecule has 0 fully saturated rings. The van der Waals surface area contributed by atoms with Gasteiger partial charge in [0.25, 0.3) is 10.0 Å². The van der Waals surface area contributed by atoms with Crippen LogP contribution < -0.4 is 10.0 Å². The SMILES string of the molecule is CCCN(c1ccc(CN)cc1)S(=O)(=O)c1ccn[nH]1. The van der Waals surface area contributed by atoms with Gasteiger partial charge in [-0.15, -0.1) is 0 Å². The maximum atomic E-state index is 12.6. The first-order chi connectivity index (χ1) is 9.59. The number of anilines is 1. The van der Waals surface area contributed by atoms with E-state index in [9.17, 15) is 8.42 Å². The van der Waals surface area contributed by atoms with E-state index in [0.29, 0.717) is 25.2 Å². The first-order valence-corrected chi connectivity index (χ1v) is 7.84. The number of sulfonamides is 1. The molecule has 0 unspecified atom stereocenters. The van der Waals surface area contributed by atoms with Crippen molar-refractivity contribution in [3.63, 3.8) is 0 Å². The van der Waals surface area contributed by atoms with Crippen LogP contribution in [0.1, 0.15) is 18.9 Å². The summed E-state index contributed by atoms with van der Waals surface area (Å²) in [6.07, 6.45) is 2.14. The third kappa shape index (κ3) is 2.83. The van der Waals surface area contributed by atoms with E-state index in [-0.39, 0.29) is 5.03 Å². The van der Waals surface area contributed by atoms with Crippen LogP contribution in [0.25, 0.3) is 0 Å². The van der Waals surface area contributed by atoms with Crippen LogP contribution in [0.2, 0.25) is 0 Å². The lowest BCUT2D eigenvalue weighted by molar-refractivity contribution is 0.586. The van der Waals surface area contributed by atoms with E-state index >= 15 is 0 Å². The maximum Gasteiger partial charge on any atom is 0.281 e. The van der Waals surface area contributed by atoms with Crippen molar-refractivity contribution in [3.05, 3.63) is 42.1 Å². The highest BCUT2D eigenvalue weighted by atomic mass is 32.2. The number of nitrogens with zero attached hydrogens (tertiary/aromatic N) is 2. The molecule has 1 aromatic carbocycles. The average Bonchev–Trinajstić information content (AvgIpc) is 3.00. The molecule has 2 aromatic rings. The highest BCUT2D eigenvalue weighted by Crippen LogP contribution is 2.23. The molecule has 0 bridgehead atoms. The molecule has 0 aliphatic heterocycles. The van der Waals surface area contributed by atoms with Gasteiger partial charge in [0.1, 0.15) is 0 Å². The zero-order valence-electron chi connectivity index (χ0n) is 11.3. The van der Waals surface area contributed by atoms with Crippen LogP contribution in [0.3, 0.4) is 0 Å². The highest BCUT2D eigenvalue weighted by Gasteiger charge is 2.25. The molecule has 20 heavy (non-hydrogen) atoms. The van der Waals surface area contributed by atoms with Crippen molar-refractivity contribution < 1.29 is 8.42 Å². The van der Waals surface area contributed by atoms with Gasteiger partial charge in [-0.05, 0) is 30.2 Å². The summed E-state index contributed by atoms with van der Waals surface area (Å²) in [7, 11) is -3.61. The van der Waals surface area contributed by atoms with Crippen molar-refractivity contribution in [2.45, 2.75) is 24.9 Å². The summed E-state index contributed by atoms with van der Waals surface area (Å²) in [5, 5.41) is 6.31. The van der Waals surface area contributed by atoms with Crippen LogP contribution in [0.5, 0.6) is 0 Å². The molecule has 0 aliphatic rings. The lowest BCUT2D eigenvalue weighted by Crippen LogP contribution is -2.32. The van der Waals surface area contributed by atoms with Gasteiger partial charge in [-0.2, -0.15) is 13.5 Å². The molecule has 0 saturated heterocycles. The fraction of sp³-hybridized carbons (Fsp3) is 0.308. The number of nitrogens with one attached hydrogen (secondary N) is 1. The Morgan fingerprint density at radius 2 is 1.95 bits per heavy atom. The van der Waals surface area contributed by atoms with Gasteiger partial charge in [0.2, 0.25) is 0 Å². The number of hydrogen-bond acceptors (Lipinski definition) is 4. The van der Waals surface area contributed by atoms with E-state index in [4.69, 9.17) is 5.73 Å². The number of aromatic nitrogens is 2. The zero-order valence-corrected chi connectivity index (χ0v) is 12.1. The monoisotopic (exact) mass is 294 g/mol. The Labute approximate surface area is 118 Å². The van der Waals surface area contributed by atoms with E-state index in [1.54, 1.807) is 12.1 Å². The minimum absolute atomic E-state index is 0.0915. The Morgan fingerprint density at radius 3 is 2.45 bits per heavy atom. The zero-order chi connectivity index (χ0) is 14.6. The van der Waals surface area contributed by atoms with Crippen LogP contribution in [-0.4, -0.2) is 25.2 Å². The molecule has 0 atom stereocenters. The molecule has 1 heterocycles. The molecular weight excluding hydrogens is 276 g/mol. The van der Waals surface area contributed by atoms with Crippen LogP contribution in [0.15, 0.2) is 41.6 Å². The molecule has 2 rings (SSSR count). The van der Waals surface area contributed by atoms with Crippen LogP contribution >= 0.6 is 0 Å². The molecule has 0 aliphatic carbocycles. The molecule has 3 N–H and O–H groups in total. The third-order valence-corrected chi connectivity index (χ3v) is 4.69. The van der Waals surface area contributed by atoms with Gasteiger partial charge in [0.05, 0.1) is 11.9 Å². The van der Waals surface area contributed by atoms with Crippen molar-refractivity contribution in [3.8, 4) is 0 Å². The highest BCUT2D eigenvalue weighted by molar-refractivity contribution is 7.92. The van der Waals surface area contributed by atoms with Crippen molar-refractivity contribution in [2.75, 3.05) is 10.8 Å². The molecule has 6 nitrogen and oxygen atoms in total. The largest absolute Gasteiger partial charge is 0.326 e. The Bertz CT molecular complexity index is 636. The molecule has 7 heteroatoms. The minimum Gasteiger partial charge on any atom is -0.326 e. The molecule has 1 aromatic heterocycles. The van der Waals surface area contributed by atoms with E-state index < -0.39 is 10.0 Å². The van der Waals surface area contributed by atoms with E-state index in [2.05, 4.69) is 10.2 Å². The summed E-state index contributed by atoms with van der Waals surface area (Å²) < 4.78 is 26.5. The Morgan fingerprint density at radius 1 is 1.25 bits per heavy atom. The standard InChI is InChI=1S/C13H18N4O2S/c1-2-9-17(12-5-3-11(10-14)4-6-12)20(18,19)13-7-8-15-16-13/h3-8H,2,9-10,14H2,1H3,(H,15,16). The van der Waals surface area contributed by atoms with Crippen LogP contribution in [0, 0.1) is 0 Å². The van der Waals surface area contributed by atoms with Gasteiger partial charge in [0, 0.05) is 13.1 Å². The fourth-order valence-electron chi connectivity index (χ4n) is 1.89. The maximum absolute atomic E-state index is 12.6. The van der Waals surface area contributed by atoms with Gasteiger partial charge in [-0.1, -0.05) is 19.1 Å². The average molecular weight is 294 g/mol. The van der Waals surface area contributed by atoms with Crippen molar-refractivity contribution in [1.82, 2.24) is 10.2 Å². The van der Waals surface area contributed by atoms with Crippen LogP contribution in [0.4, 0.5) is 5.69 Å². The molecule has 0 spiro atoms. The number of aromatic amines is 1. The molecule has 108 valence electrons. The van der Waals surface area contributed by atoms with Gasteiger partial charge >= 0.3 is 0 Å². The Kier molecular flexibility index (Phi) is 4.41. The van der Waals surface area contributed by atoms with Crippen molar-refractivity contribution in [2.24, 2.45) is 5.73 Å². The lowest BCUT2D eigenvalue weighted by Gasteiger charge is -2.23. The lowest BCUT2D eigenvalue weighted by atomic mass is 10.2. The fourth-order valence-corrected chi connectivity index (χ4v) is 3.36. The Balaban J connectivity index is 2.40. The first kappa shape index (κ1) is 14.5. The van der Waals surface area contributed by atoms with Gasteiger partial charge in [-0.3, -0.25) is 9.40 Å². The summed E-state index contributed by atoms with van der Waals surface area (Å²) in [5.41, 5.74) is 7.14. The summed E-state index contributed by atoms with van der Waals surface area (Å²) in [4.78, 5) is 0. The third-order valence-electron chi connectivity index (χ3n) is 2.93. The predicted molar refractivity (Wildman–Crippen MR) is 77.7 cm³/mol. The summed E-state index contributed by atoms with van der Waals surface area (Å²) in [6, 6.07) is 8.66. The van der Waals surface area contributed by atoms with Crippen molar-refractivity contribution in [1.29, 1.82) is 0 Å². The molecule has 0 amide bonds. The second-order valence-electron chi connectivity index (χ2n) is 4.37. The molecule has 0 radical (unpaired) electrons. The summed E-state index contributed by atoms with van der Waals surface area (Å²) >= 11 is 0. The summed E-state index contributed by atoms with van der Waals surface area (Å²) in [6.45, 7) is 2.77. The number of rotatable bonds is 6. The smallest absolute Gasteiger partial charge is 0.281 e. The van der Waals surface area contributed by atoms with E-state index in [1.165, 1.54) is 16.6 Å². The molecule has 0 saturated carbocycles. The topological polar surface area (TPSA) is 92.1 Å². The predicted octanol–water partition coefficient (Wildman–Crippen LogP) is 1.47. The number of benzene rings is 1. The van der Waals surface area contributed by atoms with Crippen LogP contribution in [-0.2, 0) is 16.6 Å². The Hall–Kier alpha value is -1.86. The normalized spacial score (nSPS) is 11.5. The molecular formula is C13H18N4O2S. The quantitative estimate of drug-likeness (QED) is 0.844. The first-order valence-electron chi connectivity index (χ1n) is 6.40. The minimum atomic E-state index is -3.61.